The summed E-state index contributed by atoms with van der Waals surface area (Å²) in [6.07, 6.45) is 1.88. The molecule has 0 saturated carbocycles. The summed E-state index contributed by atoms with van der Waals surface area (Å²) in [7, 11) is 0. The lowest BCUT2D eigenvalue weighted by Crippen LogP contribution is -2.33. The van der Waals surface area contributed by atoms with E-state index < -0.39 is 0 Å². The van der Waals surface area contributed by atoms with Crippen molar-refractivity contribution in [2.75, 3.05) is 24.5 Å². The second-order valence-corrected chi connectivity index (χ2v) is 4.98. The van der Waals surface area contributed by atoms with Crippen LogP contribution in [0.15, 0.2) is 36.5 Å². The molecule has 0 aliphatic heterocycles. The first-order valence-corrected chi connectivity index (χ1v) is 6.51. The number of aromatic nitrogens is 1. The number of benzene rings is 1. The van der Waals surface area contributed by atoms with Gasteiger partial charge in [-0.05, 0) is 17.4 Å². The van der Waals surface area contributed by atoms with Crippen LogP contribution < -0.4 is 10.6 Å². The van der Waals surface area contributed by atoms with Gasteiger partial charge in [0.15, 0.2) is 0 Å². The first kappa shape index (κ1) is 12.8. The Morgan fingerprint density at radius 3 is 2.72 bits per heavy atom. The van der Waals surface area contributed by atoms with Crippen LogP contribution in [0.25, 0.3) is 10.8 Å². The number of nitrogens with zero attached hydrogens (tertiary/aromatic N) is 2. The molecule has 18 heavy (non-hydrogen) atoms. The Labute approximate surface area is 109 Å². The summed E-state index contributed by atoms with van der Waals surface area (Å²) in [5, 5.41) is 2.43. The maximum atomic E-state index is 5.72. The molecule has 0 spiro atoms. The largest absolute Gasteiger partial charge is 0.355 e. The van der Waals surface area contributed by atoms with Crippen LogP contribution >= 0.6 is 0 Å². The van der Waals surface area contributed by atoms with Crippen molar-refractivity contribution < 1.29 is 0 Å². The fourth-order valence-electron chi connectivity index (χ4n) is 2.24. The Balaban J connectivity index is 2.43. The molecule has 0 bridgehead atoms. The van der Waals surface area contributed by atoms with E-state index in [4.69, 9.17) is 5.73 Å². The molecule has 1 heterocycles. The number of pyridine rings is 1. The van der Waals surface area contributed by atoms with Gasteiger partial charge in [0.25, 0.3) is 0 Å². The maximum Gasteiger partial charge on any atom is 0.136 e. The molecule has 0 unspecified atom stereocenters. The highest BCUT2D eigenvalue weighted by molar-refractivity contribution is 5.92. The molecular weight excluding hydrogens is 222 g/mol. The average Bonchev–Trinajstić information content (AvgIpc) is 2.37. The Kier molecular flexibility index (Phi) is 4.15. The van der Waals surface area contributed by atoms with Crippen molar-refractivity contribution in [2.24, 2.45) is 11.7 Å². The van der Waals surface area contributed by atoms with Gasteiger partial charge in [-0.15, -0.1) is 0 Å². The summed E-state index contributed by atoms with van der Waals surface area (Å²) in [5.41, 5.74) is 5.72. The van der Waals surface area contributed by atoms with Gasteiger partial charge in [-0.25, -0.2) is 4.98 Å². The Bertz CT molecular complexity index is 503. The molecule has 0 atom stereocenters. The lowest BCUT2D eigenvalue weighted by Gasteiger charge is -2.26. The van der Waals surface area contributed by atoms with E-state index in [2.05, 4.69) is 54.1 Å². The lowest BCUT2D eigenvalue weighted by atomic mass is 10.1. The third-order valence-corrected chi connectivity index (χ3v) is 2.94. The molecule has 2 N–H and O–H groups in total. The third-order valence-electron chi connectivity index (χ3n) is 2.94. The van der Waals surface area contributed by atoms with E-state index >= 15 is 0 Å². The predicted octanol–water partition coefficient (Wildman–Crippen LogP) is 2.66. The smallest absolute Gasteiger partial charge is 0.136 e. The van der Waals surface area contributed by atoms with E-state index in [0.717, 1.165) is 18.9 Å². The Hall–Kier alpha value is -1.61. The normalized spacial score (nSPS) is 11.1. The molecule has 1 aromatic heterocycles. The van der Waals surface area contributed by atoms with Gasteiger partial charge in [-0.1, -0.05) is 38.1 Å². The van der Waals surface area contributed by atoms with Gasteiger partial charge >= 0.3 is 0 Å². The molecule has 96 valence electrons. The van der Waals surface area contributed by atoms with Crippen LogP contribution in [0.5, 0.6) is 0 Å². The monoisotopic (exact) mass is 243 g/mol. The van der Waals surface area contributed by atoms with Crippen molar-refractivity contribution in [3.8, 4) is 0 Å². The second-order valence-electron chi connectivity index (χ2n) is 4.98. The van der Waals surface area contributed by atoms with E-state index in [1.807, 2.05) is 6.20 Å². The van der Waals surface area contributed by atoms with Gasteiger partial charge in [-0.2, -0.15) is 0 Å². The number of hydrogen-bond acceptors (Lipinski definition) is 3. The molecule has 2 aromatic rings. The van der Waals surface area contributed by atoms with Crippen LogP contribution in [0.1, 0.15) is 13.8 Å². The SMILES string of the molecule is CC(C)CN(CCN)c1nccc2ccccc12. The molecule has 3 nitrogen and oxygen atoms in total. The molecule has 0 aliphatic carbocycles. The van der Waals surface area contributed by atoms with Gasteiger partial charge in [0.2, 0.25) is 0 Å². The number of rotatable bonds is 5. The molecule has 0 amide bonds. The van der Waals surface area contributed by atoms with Crippen molar-refractivity contribution >= 4 is 16.6 Å². The summed E-state index contributed by atoms with van der Waals surface area (Å²) in [5.74, 6) is 1.64. The third kappa shape index (κ3) is 2.79. The summed E-state index contributed by atoms with van der Waals surface area (Å²) in [6, 6.07) is 10.4. The number of hydrogen-bond donors (Lipinski definition) is 1. The number of nitrogens with two attached hydrogens (primary N) is 1. The minimum Gasteiger partial charge on any atom is -0.355 e. The molecule has 0 radical (unpaired) electrons. The quantitative estimate of drug-likeness (QED) is 0.878. The molecule has 0 fully saturated rings. The average molecular weight is 243 g/mol. The highest BCUT2D eigenvalue weighted by atomic mass is 15.2. The van der Waals surface area contributed by atoms with Gasteiger partial charge in [-0.3, -0.25) is 0 Å². The Morgan fingerprint density at radius 1 is 1.22 bits per heavy atom. The molecule has 0 saturated heterocycles. The highest BCUT2D eigenvalue weighted by Gasteiger charge is 2.12. The fraction of sp³-hybridized carbons (Fsp3) is 0.400. The van der Waals surface area contributed by atoms with E-state index in [1.165, 1.54) is 10.8 Å². The van der Waals surface area contributed by atoms with Crippen LogP contribution in [0.2, 0.25) is 0 Å². The summed E-state index contributed by atoms with van der Waals surface area (Å²) >= 11 is 0. The summed E-state index contributed by atoms with van der Waals surface area (Å²) < 4.78 is 0. The minimum atomic E-state index is 0.595. The van der Waals surface area contributed by atoms with Crippen molar-refractivity contribution in [3.63, 3.8) is 0 Å². The second kappa shape index (κ2) is 5.83. The van der Waals surface area contributed by atoms with Gasteiger partial charge < -0.3 is 10.6 Å². The highest BCUT2D eigenvalue weighted by Crippen LogP contribution is 2.24. The van der Waals surface area contributed by atoms with Crippen LogP contribution in [0.3, 0.4) is 0 Å². The van der Waals surface area contributed by atoms with Crippen molar-refractivity contribution in [1.29, 1.82) is 0 Å². The van der Waals surface area contributed by atoms with Crippen LogP contribution in [0, 0.1) is 5.92 Å². The van der Waals surface area contributed by atoms with Gasteiger partial charge in [0.1, 0.15) is 5.82 Å². The number of fused-ring (bicyclic) bond motifs is 1. The Morgan fingerprint density at radius 2 is 2.00 bits per heavy atom. The molecule has 3 heteroatoms. The van der Waals surface area contributed by atoms with Crippen LogP contribution in [-0.2, 0) is 0 Å². The molecule has 2 rings (SSSR count). The van der Waals surface area contributed by atoms with E-state index in [1.54, 1.807) is 0 Å². The van der Waals surface area contributed by atoms with E-state index in [9.17, 15) is 0 Å². The van der Waals surface area contributed by atoms with Crippen molar-refractivity contribution in [2.45, 2.75) is 13.8 Å². The minimum absolute atomic E-state index is 0.595. The zero-order valence-corrected chi connectivity index (χ0v) is 11.1. The van der Waals surface area contributed by atoms with E-state index in [-0.39, 0.29) is 0 Å². The lowest BCUT2D eigenvalue weighted by molar-refractivity contribution is 0.609. The topological polar surface area (TPSA) is 42.1 Å². The van der Waals surface area contributed by atoms with E-state index in [0.29, 0.717) is 12.5 Å². The summed E-state index contributed by atoms with van der Waals surface area (Å²) in [4.78, 5) is 6.83. The van der Waals surface area contributed by atoms with Crippen molar-refractivity contribution in [1.82, 2.24) is 4.98 Å². The summed E-state index contributed by atoms with van der Waals surface area (Å²) in [6.45, 7) is 6.91. The zero-order valence-electron chi connectivity index (χ0n) is 11.1. The maximum absolute atomic E-state index is 5.72. The molecule has 1 aromatic carbocycles. The number of anilines is 1. The van der Waals surface area contributed by atoms with Crippen LogP contribution in [0.4, 0.5) is 5.82 Å². The zero-order chi connectivity index (χ0) is 13.0. The van der Waals surface area contributed by atoms with Gasteiger partial charge in [0, 0.05) is 31.2 Å². The van der Waals surface area contributed by atoms with Crippen molar-refractivity contribution in [3.05, 3.63) is 36.5 Å². The van der Waals surface area contributed by atoms with Crippen LogP contribution in [-0.4, -0.2) is 24.6 Å². The van der Waals surface area contributed by atoms with Gasteiger partial charge in [0.05, 0.1) is 0 Å². The molecular formula is C15H21N3. The standard InChI is InChI=1S/C15H21N3/c1-12(2)11-18(10-8-16)15-14-6-4-3-5-13(14)7-9-17-15/h3-7,9,12H,8,10-11,16H2,1-2H3. The first-order chi connectivity index (χ1) is 8.72. The molecule has 0 aliphatic rings. The fourth-order valence-corrected chi connectivity index (χ4v) is 2.24. The predicted molar refractivity (Wildman–Crippen MR) is 77.8 cm³/mol. The first-order valence-electron chi connectivity index (χ1n) is 6.51.